The Morgan fingerprint density at radius 3 is 2.91 bits per heavy atom. The van der Waals surface area contributed by atoms with Crippen LogP contribution in [0.1, 0.15) is 13.8 Å². The Kier molecular flexibility index (Phi) is 1.52. The van der Waals surface area contributed by atoms with Crippen LogP contribution in [0, 0.1) is 11.3 Å². The quantitative estimate of drug-likeness (QED) is 0.548. The van der Waals surface area contributed by atoms with Gasteiger partial charge in [0.15, 0.2) is 0 Å². The van der Waals surface area contributed by atoms with Crippen LogP contribution in [0.4, 0.5) is 0 Å². The van der Waals surface area contributed by atoms with Crippen molar-refractivity contribution < 1.29 is 0 Å². The van der Waals surface area contributed by atoms with Gasteiger partial charge in [0.25, 0.3) is 0 Å². The number of hydrogen-bond donors (Lipinski definition) is 1. The molecule has 3 atom stereocenters. The van der Waals surface area contributed by atoms with Gasteiger partial charge in [0.05, 0.1) is 0 Å². The summed E-state index contributed by atoms with van der Waals surface area (Å²) in [7, 11) is 2.23. The zero-order chi connectivity index (χ0) is 8.06. The van der Waals surface area contributed by atoms with E-state index in [1.807, 2.05) is 0 Å². The van der Waals surface area contributed by atoms with Crippen molar-refractivity contribution in [2.75, 3.05) is 26.7 Å². The molecule has 2 fully saturated rings. The van der Waals surface area contributed by atoms with E-state index in [2.05, 4.69) is 31.1 Å². The lowest BCUT2D eigenvalue weighted by Gasteiger charge is -2.22. The normalized spacial score (nSPS) is 51.5. The average Bonchev–Trinajstić information content (AvgIpc) is 2.32. The zero-order valence-electron chi connectivity index (χ0n) is 7.72. The maximum atomic E-state index is 3.56. The van der Waals surface area contributed by atoms with Crippen LogP contribution < -0.4 is 5.32 Å². The van der Waals surface area contributed by atoms with Crippen molar-refractivity contribution in [1.29, 1.82) is 0 Å². The number of likely N-dealkylation sites (tertiary alicyclic amines) is 1. The molecular formula is C9H18N2. The van der Waals surface area contributed by atoms with Crippen molar-refractivity contribution in [3.05, 3.63) is 0 Å². The highest BCUT2D eigenvalue weighted by Crippen LogP contribution is 2.40. The molecule has 2 heteroatoms. The van der Waals surface area contributed by atoms with Crippen LogP contribution >= 0.6 is 0 Å². The van der Waals surface area contributed by atoms with Crippen molar-refractivity contribution in [2.45, 2.75) is 19.9 Å². The molecule has 2 rings (SSSR count). The second kappa shape index (κ2) is 2.20. The number of nitrogens with zero attached hydrogens (tertiary/aromatic N) is 1. The Morgan fingerprint density at radius 2 is 2.27 bits per heavy atom. The van der Waals surface area contributed by atoms with Gasteiger partial charge in [0.1, 0.15) is 0 Å². The van der Waals surface area contributed by atoms with Gasteiger partial charge in [-0.2, -0.15) is 0 Å². The number of hydrogen-bond acceptors (Lipinski definition) is 2. The molecule has 0 aromatic rings. The van der Waals surface area contributed by atoms with E-state index < -0.39 is 0 Å². The molecule has 2 nitrogen and oxygen atoms in total. The van der Waals surface area contributed by atoms with E-state index in [9.17, 15) is 0 Å². The molecule has 0 spiro atoms. The molecule has 2 saturated heterocycles. The molecule has 0 aromatic heterocycles. The highest BCUT2D eigenvalue weighted by atomic mass is 15.2. The topological polar surface area (TPSA) is 15.3 Å². The lowest BCUT2D eigenvalue weighted by molar-refractivity contribution is 0.304. The highest BCUT2D eigenvalue weighted by molar-refractivity contribution is 5.03. The molecule has 0 radical (unpaired) electrons. The number of nitrogens with one attached hydrogen (secondary N) is 1. The van der Waals surface area contributed by atoms with Gasteiger partial charge >= 0.3 is 0 Å². The van der Waals surface area contributed by atoms with Gasteiger partial charge in [-0.1, -0.05) is 6.92 Å². The van der Waals surface area contributed by atoms with Crippen LogP contribution in [0.5, 0.6) is 0 Å². The lowest BCUT2D eigenvalue weighted by atomic mass is 9.81. The van der Waals surface area contributed by atoms with E-state index in [1.165, 1.54) is 19.6 Å². The third-order valence-electron chi connectivity index (χ3n) is 3.47. The molecule has 2 aliphatic heterocycles. The fourth-order valence-corrected chi connectivity index (χ4v) is 2.84. The Hall–Kier alpha value is -0.0800. The van der Waals surface area contributed by atoms with Gasteiger partial charge in [0, 0.05) is 25.7 Å². The summed E-state index contributed by atoms with van der Waals surface area (Å²) in [5, 5.41) is 3.56. The molecule has 3 unspecified atom stereocenters. The minimum atomic E-state index is 0.564. The van der Waals surface area contributed by atoms with Gasteiger partial charge in [-0.3, -0.25) is 0 Å². The predicted molar refractivity (Wildman–Crippen MR) is 46.6 cm³/mol. The minimum absolute atomic E-state index is 0.564. The summed E-state index contributed by atoms with van der Waals surface area (Å²) in [6.07, 6.45) is 0. The summed E-state index contributed by atoms with van der Waals surface area (Å²) >= 11 is 0. The summed E-state index contributed by atoms with van der Waals surface area (Å²) in [6.45, 7) is 8.50. The van der Waals surface area contributed by atoms with Gasteiger partial charge in [-0.25, -0.2) is 0 Å². The van der Waals surface area contributed by atoms with Crippen molar-refractivity contribution in [3.63, 3.8) is 0 Å². The summed E-state index contributed by atoms with van der Waals surface area (Å²) in [5.41, 5.74) is 0.564. The molecule has 0 aliphatic carbocycles. The summed E-state index contributed by atoms with van der Waals surface area (Å²) in [5.74, 6) is 0.882. The first-order valence-electron chi connectivity index (χ1n) is 4.54. The van der Waals surface area contributed by atoms with Gasteiger partial charge < -0.3 is 10.2 Å². The molecule has 0 amide bonds. The summed E-state index contributed by atoms with van der Waals surface area (Å²) < 4.78 is 0. The number of rotatable bonds is 0. The van der Waals surface area contributed by atoms with E-state index in [0.717, 1.165) is 12.0 Å². The third-order valence-corrected chi connectivity index (χ3v) is 3.47. The molecule has 0 bridgehead atoms. The maximum absolute atomic E-state index is 3.56. The first kappa shape index (κ1) is 7.56. The van der Waals surface area contributed by atoms with Crippen LogP contribution in [0.25, 0.3) is 0 Å². The van der Waals surface area contributed by atoms with Crippen molar-refractivity contribution in [2.24, 2.45) is 11.3 Å². The predicted octanol–water partition coefficient (Wildman–Crippen LogP) is 0.546. The second-order valence-corrected chi connectivity index (χ2v) is 4.63. The van der Waals surface area contributed by atoms with Crippen molar-refractivity contribution in [3.8, 4) is 0 Å². The van der Waals surface area contributed by atoms with Gasteiger partial charge in [-0.15, -0.1) is 0 Å². The van der Waals surface area contributed by atoms with E-state index in [1.54, 1.807) is 0 Å². The number of fused-ring (bicyclic) bond motifs is 1. The standard InChI is InChI=1S/C9H18N2/c1-7-8-4-11(3)6-9(8,2)5-10-7/h7-8,10H,4-6H2,1-3H3. The SMILES string of the molecule is CC1NCC2(C)CN(C)CC12. The van der Waals surface area contributed by atoms with Gasteiger partial charge in [-0.05, 0) is 25.3 Å². The van der Waals surface area contributed by atoms with Crippen molar-refractivity contribution >= 4 is 0 Å². The van der Waals surface area contributed by atoms with Crippen molar-refractivity contribution in [1.82, 2.24) is 10.2 Å². The highest BCUT2D eigenvalue weighted by Gasteiger charge is 2.48. The van der Waals surface area contributed by atoms with Crippen LogP contribution in [0.15, 0.2) is 0 Å². The molecule has 64 valence electrons. The largest absolute Gasteiger partial charge is 0.313 e. The van der Waals surface area contributed by atoms with E-state index >= 15 is 0 Å². The smallest absolute Gasteiger partial charge is 0.00856 e. The van der Waals surface area contributed by atoms with Crippen LogP contribution in [-0.2, 0) is 0 Å². The maximum Gasteiger partial charge on any atom is 0.00856 e. The average molecular weight is 154 g/mol. The summed E-state index contributed by atoms with van der Waals surface area (Å²) in [4.78, 5) is 2.46. The molecule has 11 heavy (non-hydrogen) atoms. The van der Waals surface area contributed by atoms with Crippen LogP contribution in [0.2, 0.25) is 0 Å². The fraction of sp³-hybridized carbons (Fsp3) is 1.00. The van der Waals surface area contributed by atoms with Crippen LogP contribution in [-0.4, -0.2) is 37.6 Å². The molecule has 0 aromatic carbocycles. The monoisotopic (exact) mass is 154 g/mol. The van der Waals surface area contributed by atoms with E-state index in [4.69, 9.17) is 0 Å². The molecule has 1 N–H and O–H groups in total. The fourth-order valence-electron chi connectivity index (χ4n) is 2.84. The Labute approximate surface area is 69.0 Å². The Bertz CT molecular complexity index is 169. The molecule has 0 saturated carbocycles. The van der Waals surface area contributed by atoms with Gasteiger partial charge in [0.2, 0.25) is 0 Å². The minimum Gasteiger partial charge on any atom is -0.313 e. The second-order valence-electron chi connectivity index (χ2n) is 4.63. The molecular weight excluding hydrogens is 136 g/mol. The first-order chi connectivity index (χ1) is 5.12. The summed E-state index contributed by atoms with van der Waals surface area (Å²) in [6, 6.07) is 0.727. The third kappa shape index (κ3) is 1.00. The molecule has 2 aliphatic rings. The van der Waals surface area contributed by atoms with E-state index in [0.29, 0.717) is 5.41 Å². The Balaban J connectivity index is 2.18. The van der Waals surface area contributed by atoms with Crippen LogP contribution in [0.3, 0.4) is 0 Å². The zero-order valence-corrected chi connectivity index (χ0v) is 7.72. The first-order valence-corrected chi connectivity index (χ1v) is 4.54. The lowest BCUT2D eigenvalue weighted by Crippen LogP contribution is -2.28. The molecule has 2 heterocycles. The van der Waals surface area contributed by atoms with E-state index in [-0.39, 0.29) is 0 Å². The Morgan fingerprint density at radius 1 is 1.55 bits per heavy atom.